The lowest BCUT2D eigenvalue weighted by Gasteiger charge is -2.06. The summed E-state index contributed by atoms with van der Waals surface area (Å²) in [5, 5.41) is 0.967. The molecule has 94 valence electrons. The van der Waals surface area contributed by atoms with Crippen molar-refractivity contribution in [1.82, 2.24) is 4.98 Å². The lowest BCUT2D eigenvalue weighted by Crippen LogP contribution is -2.01. The Balaban J connectivity index is 2.17. The summed E-state index contributed by atoms with van der Waals surface area (Å²) in [5.74, 6) is 0.890. The lowest BCUT2D eigenvalue weighted by molar-refractivity contribution is 0.0980. The Kier molecular flexibility index (Phi) is 4.08. The van der Waals surface area contributed by atoms with Gasteiger partial charge in [-0.15, -0.1) is 0 Å². The molecule has 0 unspecified atom stereocenters. The third-order valence-corrected chi connectivity index (χ3v) is 3.13. The number of hydrogen-bond donors (Lipinski definition) is 0. The highest BCUT2D eigenvalue weighted by molar-refractivity contribution is 6.07. The second-order valence-corrected chi connectivity index (χ2v) is 5.08. The van der Waals surface area contributed by atoms with Crippen molar-refractivity contribution in [3.05, 3.63) is 42.1 Å². The van der Waals surface area contributed by atoms with Crippen LogP contribution in [0.3, 0.4) is 0 Å². The van der Waals surface area contributed by atoms with Gasteiger partial charge in [-0.05, 0) is 24.5 Å². The minimum atomic E-state index is 0.231. The van der Waals surface area contributed by atoms with E-state index in [0.29, 0.717) is 12.3 Å². The van der Waals surface area contributed by atoms with E-state index in [1.807, 2.05) is 30.3 Å². The van der Waals surface area contributed by atoms with Crippen molar-refractivity contribution in [1.29, 1.82) is 0 Å². The number of Topliss-reactive ketones (excluding diaryl/α,β-unsaturated/α-hetero) is 1. The first-order valence-electron chi connectivity index (χ1n) is 6.55. The zero-order valence-corrected chi connectivity index (χ0v) is 11.0. The van der Waals surface area contributed by atoms with E-state index >= 15 is 0 Å². The van der Waals surface area contributed by atoms with Gasteiger partial charge in [0.15, 0.2) is 5.78 Å². The summed E-state index contributed by atoms with van der Waals surface area (Å²) >= 11 is 0. The number of aromatic nitrogens is 1. The zero-order chi connectivity index (χ0) is 13.0. The molecule has 1 aromatic heterocycles. The number of nitrogens with zero attached hydrogens (tertiary/aromatic N) is 1. The number of carbonyl (C=O) groups is 1. The number of pyridine rings is 1. The maximum atomic E-state index is 12.2. The molecule has 18 heavy (non-hydrogen) atoms. The highest BCUT2D eigenvalue weighted by Gasteiger charge is 2.10. The van der Waals surface area contributed by atoms with E-state index in [-0.39, 0.29) is 5.78 Å². The summed E-state index contributed by atoms with van der Waals surface area (Å²) in [6.45, 7) is 4.37. The molecule has 0 fully saturated rings. The van der Waals surface area contributed by atoms with E-state index in [2.05, 4.69) is 18.8 Å². The van der Waals surface area contributed by atoms with Gasteiger partial charge in [0.25, 0.3) is 0 Å². The van der Waals surface area contributed by atoms with E-state index in [0.717, 1.165) is 29.3 Å². The van der Waals surface area contributed by atoms with Gasteiger partial charge >= 0.3 is 0 Å². The summed E-state index contributed by atoms with van der Waals surface area (Å²) in [7, 11) is 0. The Morgan fingerprint density at radius 3 is 2.83 bits per heavy atom. The molecule has 2 heteroatoms. The van der Waals surface area contributed by atoms with E-state index in [1.54, 1.807) is 6.20 Å². The third kappa shape index (κ3) is 2.95. The smallest absolute Gasteiger partial charge is 0.163 e. The summed E-state index contributed by atoms with van der Waals surface area (Å²) < 4.78 is 0. The topological polar surface area (TPSA) is 30.0 Å². The van der Waals surface area contributed by atoms with Crippen molar-refractivity contribution in [2.45, 2.75) is 33.1 Å². The van der Waals surface area contributed by atoms with Crippen LogP contribution >= 0.6 is 0 Å². The molecule has 0 aliphatic rings. The van der Waals surface area contributed by atoms with Crippen LogP contribution in [0.1, 0.15) is 43.5 Å². The molecular formula is C16H19NO. The van der Waals surface area contributed by atoms with Crippen LogP contribution < -0.4 is 0 Å². The fraction of sp³-hybridized carbons (Fsp3) is 0.375. The van der Waals surface area contributed by atoms with Crippen molar-refractivity contribution in [2.75, 3.05) is 0 Å². The highest BCUT2D eigenvalue weighted by Crippen LogP contribution is 2.19. The Morgan fingerprint density at radius 2 is 2.06 bits per heavy atom. The predicted octanol–water partition coefficient (Wildman–Crippen LogP) is 4.24. The number of rotatable bonds is 5. The monoisotopic (exact) mass is 241 g/mol. The van der Waals surface area contributed by atoms with Gasteiger partial charge in [0.2, 0.25) is 0 Å². The van der Waals surface area contributed by atoms with Crippen molar-refractivity contribution >= 4 is 16.7 Å². The predicted molar refractivity (Wildman–Crippen MR) is 74.8 cm³/mol. The second kappa shape index (κ2) is 5.76. The van der Waals surface area contributed by atoms with Crippen LogP contribution in [0, 0.1) is 5.92 Å². The molecule has 0 spiro atoms. The van der Waals surface area contributed by atoms with Gasteiger partial charge < -0.3 is 0 Å². The van der Waals surface area contributed by atoms with Crippen molar-refractivity contribution in [3.63, 3.8) is 0 Å². The molecule has 2 rings (SSSR count). The summed E-state index contributed by atoms with van der Waals surface area (Å²) in [6.07, 6.45) is 4.46. The minimum Gasteiger partial charge on any atom is -0.294 e. The van der Waals surface area contributed by atoms with Crippen LogP contribution in [0.4, 0.5) is 0 Å². The number of hydrogen-bond acceptors (Lipinski definition) is 2. The number of carbonyl (C=O) groups excluding carboxylic acids is 1. The molecule has 0 aliphatic heterocycles. The third-order valence-electron chi connectivity index (χ3n) is 3.13. The Labute approximate surface area is 108 Å². The normalized spacial score (nSPS) is 11.1. The van der Waals surface area contributed by atoms with Crippen LogP contribution in [0.5, 0.6) is 0 Å². The molecular weight excluding hydrogens is 222 g/mol. The number of benzene rings is 1. The van der Waals surface area contributed by atoms with Gasteiger partial charge in [-0.3, -0.25) is 9.78 Å². The Hall–Kier alpha value is -1.70. The Bertz CT molecular complexity index is 540. The lowest BCUT2D eigenvalue weighted by atomic mass is 9.98. The first-order chi connectivity index (χ1) is 8.68. The molecule has 0 radical (unpaired) electrons. The van der Waals surface area contributed by atoms with E-state index in [9.17, 15) is 4.79 Å². The fourth-order valence-corrected chi connectivity index (χ4v) is 2.15. The van der Waals surface area contributed by atoms with Crippen molar-refractivity contribution in [2.24, 2.45) is 5.92 Å². The molecule has 2 aromatic rings. The first-order valence-corrected chi connectivity index (χ1v) is 6.55. The molecule has 1 aromatic carbocycles. The molecule has 0 saturated carbocycles. The van der Waals surface area contributed by atoms with Gasteiger partial charge in [0.05, 0.1) is 5.52 Å². The largest absolute Gasteiger partial charge is 0.294 e. The van der Waals surface area contributed by atoms with Crippen LogP contribution in [-0.2, 0) is 0 Å². The molecule has 0 N–H and O–H groups in total. The van der Waals surface area contributed by atoms with Crippen molar-refractivity contribution in [3.8, 4) is 0 Å². The van der Waals surface area contributed by atoms with Crippen molar-refractivity contribution < 1.29 is 4.79 Å². The van der Waals surface area contributed by atoms with Crippen LogP contribution in [0.2, 0.25) is 0 Å². The van der Waals surface area contributed by atoms with Gasteiger partial charge in [0, 0.05) is 23.6 Å². The molecule has 0 atom stereocenters. The van der Waals surface area contributed by atoms with Gasteiger partial charge in [-0.1, -0.05) is 38.5 Å². The van der Waals surface area contributed by atoms with Crippen LogP contribution in [-0.4, -0.2) is 10.8 Å². The maximum Gasteiger partial charge on any atom is 0.163 e. The quantitative estimate of drug-likeness (QED) is 0.733. The summed E-state index contributed by atoms with van der Waals surface area (Å²) in [5.41, 5.74) is 1.71. The second-order valence-electron chi connectivity index (χ2n) is 5.08. The number of fused-ring (bicyclic) bond motifs is 1. The molecule has 0 amide bonds. The van der Waals surface area contributed by atoms with Gasteiger partial charge in [0.1, 0.15) is 0 Å². The average molecular weight is 241 g/mol. The summed E-state index contributed by atoms with van der Waals surface area (Å²) in [6, 6.07) is 9.61. The highest BCUT2D eigenvalue weighted by atomic mass is 16.1. The standard InChI is InChI=1S/C16H19NO/c1-12(2)6-3-10-16(18)14-7-4-9-15-13(14)8-5-11-17-15/h4-5,7-9,11-12H,3,6,10H2,1-2H3. The van der Waals surface area contributed by atoms with E-state index < -0.39 is 0 Å². The molecule has 0 saturated heterocycles. The Morgan fingerprint density at radius 1 is 1.22 bits per heavy atom. The molecule has 0 bridgehead atoms. The average Bonchev–Trinajstić information content (AvgIpc) is 2.37. The molecule has 0 aliphatic carbocycles. The molecule has 1 heterocycles. The first kappa shape index (κ1) is 12.7. The SMILES string of the molecule is CC(C)CCCC(=O)c1cccc2ncccc12. The van der Waals surface area contributed by atoms with Gasteiger partial charge in [-0.25, -0.2) is 0 Å². The maximum absolute atomic E-state index is 12.2. The van der Waals surface area contributed by atoms with Crippen LogP contribution in [0.25, 0.3) is 10.9 Å². The zero-order valence-electron chi connectivity index (χ0n) is 11.0. The molecule has 2 nitrogen and oxygen atoms in total. The van der Waals surface area contributed by atoms with Crippen LogP contribution in [0.15, 0.2) is 36.5 Å². The minimum absolute atomic E-state index is 0.231. The van der Waals surface area contributed by atoms with E-state index in [4.69, 9.17) is 0 Å². The number of ketones is 1. The fourth-order valence-electron chi connectivity index (χ4n) is 2.15. The van der Waals surface area contributed by atoms with E-state index in [1.165, 1.54) is 0 Å². The van der Waals surface area contributed by atoms with Gasteiger partial charge in [-0.2, -0.15) is 0 Å². The summed E-state index contributed by atoms with van der Waals surface area (Å²) in [4.78, 5) is 16.5.